The lowest BCUT2D eigenvalue weighted by Gasteiger charge is -2.37. The van der Waals surface area contributed by atoms with Crippen LogP contribution in [-0.2, 0) is 5.72 Å². The summed E-state index contributed by atoms with van der Waals surface area (Å²) < 4.78 is 0. The number of halogens is 2. The SMILES string of the molecule is CCC[C@@H]1N(c2ccc(Cl)cc2)C(=O)N(c2ccc(Cl)cc2)C1(O)c1cccc(C)c1. The Hall–Kier alpha value is -2.53. The Kier molecular flexibility index (Phi) is 5.98. The van der Waals surface area contributed by atoms with Crippen molar-refractivity contribution in [2.24, 2.45) is 0 Å². The van der Waals surface area contributed by atoms with E-state index in [0.29, 0.717) is 33.4 Å². The molecule has 1 unspecified atom stereocenters. The normalized spacial score (nSPS) is 21.1. The molecule has 1 aliphatic heterocycles. The van der Waals surface area contributed by atoms with Gasteiger partial charge in [-0.05, 0) is 61.9 Å². The number of anilines is 2. The zero-order valence-corrected chi connectivity index (χ0v) is 18.9. The van der Waals surface area contributed by atoms with Gasteiger partial charge in [0.2, 0.25) is 0 Å². The van der Waals surface area contributed by atoms with Gasteiger partial charge in [0, 0.05) is 27.0 Å². The largest absolute Gasteiger partial charge is 0.365 e. The molecule has 3 aromatic rings. The summed E-state index contributed by atoms with van der Waals surface area (Å²) in [6.07, 6.45) is 1.41. The van der Waals surface area contributed by atoms with Gasteiger partial charge in [0.05, 0.1) is 6.04 Å². The van der Waals surface area contributed by atoms with Crippen molar-refractivity contribution in [2.75, 3.05) is 9.80 Å². The third kappa shape index (κ3) is 3.80. The number of nitrogens with zero attached hydrogens (tertiary/aromatic N) is 2. The highest BCUT2D eigenvalue weighted by atomic mass is 35.5. The lowest BCUT2D eigenvalue weighted by Crippen LogP contribution is -2.49. The average Bonchev–Trinajstić information content (AvgIpc) is 2.97. The molecule has 31 heavy (non-hydrogen) atoms. The van der Waals surface area contributed by atoms with Crippen LogP contribution in [0.15, 0.2) is 72.8 Å². The molecule has 0 bridgehead atoms. The minimum absolute atomic E-state index is 0.299. The van der Waals surface area contributed by atoms with Gasteiger partial charge in [-0.15, -0.1) is 0 Å². The van der Waals surface area contributed by atoms with Crippen LogP contribution in [0.5, 0.6) is 0 Å². The molecule has 3 aromatic carbocycles. The topological polar surface area (TPSA) is 43.8 Å². The van der Waals surface area contributed by atoms with Crippen LogP contribution in [0, 0.1) is 6.92 Å². The minimum atomic E-state index is -1.56. The average molecular weight is 455 g/mol. The molecule has 0 aliphatic carbocycles. The first kappa shape index (κ1) is 21.7. The molecule has 6 heteroatoms. The molecule has 0 aromatic heterocycles. The van der Waals surface area contributed by atoms with Gasteiger partial charge in [-0.2, -0.15) is 0 Å². The van der Waals surface area contributed by atoms with Crippen molar-refractivity contribution in [1.82, 2.24) is 0 Å². The van der Waals surface area contributed by atoms with Crippen LogP contribution in [0.1, 0.15) is 30.9 Å². The highest BCUT2D eigenvalue weighted by Crippen LogP contribution is 2.46. The number of aryl methyl sites for hydroxylation is 1. The smallest absolute Gasteiger partial charge is 0.332 e. The monoisotopic (exact) mass is 454 g/mol. The summed E-state index contributed by atoms with van der Waals surface area (Å²) in [5.41, 5.74) is 1.39. The number of hydrogen-bond donors (Lipinski definition) is 1. The van der Waals surface area contributed by atoms with Gasteiger partial charge in [0.15, 0.2) is 5.72 Å². The van der Waals surface area contributed by atoms with Gasteiger partial charge < -0.3 is 5.11 Å². The van der Waals surface area contributed by atoms with Gasteiger partial charge in [-0.25, -0.2) is 4.79 Å². The summed E-state index contributed by atoms with van der Waals surface area (Å²) in [6, 6.07) is 21.0. The fourth-order valence-electron chi connectivity index (χ4n) is 4.30. The molecule has 1 N–H and O–H groups in total. The van der Waals surface area contributed by atoms with E-state index in [-0.39, 0.29) is 6.03 Å². The van der Waals surface area contributed by atoms with E-state index in [1.165, 1.54) is 4.90 Å². The lowest BCUT2D eigenvalue weighted by molar-refractivity contribution is 0.0289. The Morgan fingerprint density at radius 3 is 2.06 bits per heavy atom. The standard InChI is InChI=1S/C25H24Cl2N2O2/c1-3-5-23-25(31,18-7-4-6-17(2)16-18)29(22-14-10-20(27)11-15-22)24(30)28(23)21-12-8-19(26)9-13-21/h4,6-16,23,31H,3,5H2,1-2H3/t23-,25?/m0/s1. The Morgan fingerprint density at radius 2 is 1.52 bits per heavy atom. The number of rotatable bonds is 5. The van der Waals surface area contributed by atoms with Crippen molar-refractivity contribution < 1.29 is 9.90 Å². The Labute approximate surface area is 192 Å². The third-order valence-electron chi connectivity index (χ3n) is 5.71. The molecule has 1 fully saturated rings. The van der Waals surface area contributed by atoms with Crippen molar-refractivity contribution in [3.05, 3.63) is 94.0 Å². The Bertz CT molecular complexity index is 1090. The van der Waals surface area contributed by atoms with Crippen LogP contribution in [0.25, 0.3) is 0 Å². The van der Waals surface area contributed by atoms with E-state index in [0.717, 1.165) is 12.0 Å². The van der Waals surface area contributed by atoms with Gasteiger partial charge in [0.25, 0.3) is 0 Å². The second-order valence-corrected chi connectivity index (χ2v) is 8.71. The molecule has 0 radical (unpaired) electrons. The molecule has 4 nitrogen and oxygen atoms in total. The summed E-state index contributed by atoms with van der Waals surface area (Å²) in [6.45, 7) is 4.02. The maximum atomic E-state index is 13.9. The van der Waals surface area contributed by atoms with Crippen molar-refractivity contribution in [2.45, 2.75) is 38.5 Å². The molecule has 0 saturated carbocycles. The molecule has 160 valence electrons. The maximum Gasteiger partial charge on any atom is 0.332 e. The van der Waals surface area contributed by atoms with Crippen LogP contribution in [0.4, 0.5) is 16.2 Å². The number of urea groups is 1. The molecule has 2 atom stereocenters. The van der Waals surface area contributed by atoms with Gasteiger partial charge >= 0.3 is 6.03 Å². The van der Waals surface area contributed by atoms with E-state index >= 15 is 0 Å². The minimum Gasteiger partial charge on any atom is -0.365 e. The number of benzene rings is 3. The van der Waals surface area contributed by atoms with E-state index in [1.807, 2.05) is 50.2 Å². The summed E-state index contributed by atoms with van der Waals surface area (Å²) in [4.78, 5) is 17.0. The zero-order valence-electron chi connectivity index (χ0n) is 17.4. The highest BCUT2D eigenvalue weighted by Gasteiger charge is 2.58. The first-order chi connectivity index (χ1) is 14.9. The number of aliphatic hydroxyl groups is 1. The predicted octanol–water partition coefficient (Wildman–Crippen LogP) is 6.76. The summed E-state index contributed by atoms with van der Waals surface area (Å²) in [7, 11) is 0. The maximum absolute atomic E-state index is 13.9. The van der Waals surface area contributed by atoms with Crippen molar-refractivity contribution in [3.63, 3.8) is 0 Å². The van der Waals surface area contributed by atoms with Crippen molar-refractivity contribution >= 4 is 40.6 Å². The van der Waals surface area contributed by atoms with E-state index < -0.39 is 11.8 Å². The molecular formula is C25H24Cl2N2O2. The van der Waals surface area contributed by atoms with Gasteiger partial charge in [-0.3, -0.25) is 9.80 Å². The Morgan fingerprint density at radius 1 is 0.935 bits per heavy atom. The molecule has 2 amide bonds. The van der Waals surface area contributed by atoms with E-state index in [1.54, 1.807) is 41.3 Å². The molecule has 0 spiro atoms. The second kappa shape index (κ2) is 8.54. The Balaban J connectivity index is 1.95. The third-order valence-corrected chi connectivity index (χ3v) is 6.21. The van der Waals surface area contributed by atoms with Crippen LogP contribution < -0.4 is 9.80 Å². The quantitative estimate of drug-likeness (QED) is 0.462. The summed E-state index contributed by atoms with van der Waals surface area (Å²) >= 11 is 12.2. The molecule has 1 aliphatic rings. The fourth-order valence-corrected chi connectivity index (χ4v) is 4.56. The molecule has 4 rings (SSSR count). The van der Waals surface area contributed by atoms with Crippen molar-refractivity contribution in [3.8, 4) is 0 Å². The number of hydrogen-bond acceptors (Lipinski definition) is 2. The van der Waals surface area contributed by atoms with E-state index in [9.17, 15) is 9.90 Å². The first-order valence-corrected chi connectivity index (χ1v) is 11.1. The van der Waals surface area contributed by atoms with E-state index in [4.69, 9.17) is 23.2 Å². The zero-order chi connectivity index (χ0) is 22.2. The number of amides is 2. The van der Waals surface area contributed by atoms with Crippen molar-refractivity contribution in [1.29, 1.82) is 0 Å². The van der Waals surface area contributed by atoms with Gasteiger partial charge in [0.1, 0.15) is 0 Å². The number of carbonyl (C=O) groups is 1. The highest BCUT2D eigenvalue weighted by molar-refractivity contribution is 6.31. The van der Waals surface area contributed by atoms with Crippen LogP contribution in [-0.4, -0.2) is 17.2 Å². The van der Waals surface area contributed by atoms with Gasteiger partial charge in [-0.1, -0.05) is 66.4 Å². The van der Waals surface area contributed by atoms with Crippen LogP contribution >= 0.6 is 23.2 Å². The van der Waals surface area contributed by atoms with Crippen LogP contribution in [0.2, 0.25) is 10.0 Å². The predicted molar refractivity (Wildman–Crippen MR) is 127 cm³/mol. The first-order valence-electron chi connectivity index (χ1n) is 10.3. The van der Waals surface area contributed by atoms with E-state index in [2.05, 4.69) is 0 Å². The molecule has 1 saturated heterocycles. The lowest BCUT2D eigenvalue weighted by atomic mass is 9.90. The second-order valence-electron chi connectivity index (χ2n) is 7.84. The summed E-state index contributed by atoms with van der Waals surface area (Å²) in [5, 5.41) is 13.5. The summed E-state index contributed by atoms with van der Waals surface area (Å²) in [5.74, 6) is 0. The fraction of sp³-hybridized carbons (Fsp3) is 0.240. The molecular weight excluding hydrogens is 431 g/mol. The number of carbonyl (C=O) groups excluding carboxylic acids is 1. The molecule has 1 heterocycles. The van der Waals surface area contributed by atoms with Crippen LogP contribution in [0.3, 0.4) is 0 Å².